The van der Waals surface area contributed by atoms with Crippen molar-refractivity contribution in [2.75, 3.05) is 26.1 Å². The van der Waals surface area contributed by atoms with E-state index in [0.29, 0.717) is 23.6 Å². The number of benzene rings is 1. The third kappa shape index (κ3) is 3.21. The summed E-state index contributed by atoms with van der Waals surface area (Å²) in [5.74, 6) is 1.11. The van der Waals surface area contributed by atoms with Gasteiger partial charge in [0.25, 0.3) is 5.91 Å². The number of hydrogen-bond acceptors (Lipinski definition) is 3. The lowest BCUT2D eigenvalue weighted by Crippen LogP contribution is -2.30. The Hall–Kier alpha value is -1.23. The molecule has 5 heteroatoms. The quantitative estimate of drug-likeness (QED) is 0.817. The zero-order valence-electron chi connectivity index (χ0n) is 11.2. The third-order valence-corrected chi connectivity index (χ3v) is 4.70. The van der Waals surface area contributed by atoms with Crippen LogP contribution >= 0.6 is 15.9 Å². The Morgan fingerprint density at radius 2 is 2.00 bits per heavy atom. The highest BCUT2D eigenvalue weighted by atomic mass is 79.9. The lowest BCUT2D eigenvalue weighted by atomic mass is 10.1. The largest absolute Gasteiger partial charge is 0.493 e. The van der Waals surface area contributed by atoms with Crippen molar-refractivity contribution < 1.29 is 14.3 Å². The van der Waals surface area contributed by atoms with E-state index >= 15 is 0 Å². The number of carbonyl (C=O) groups is 1. The summed E-state index contributed by atoms with van der Waals surface area (Å²) in [4.78, 5) is 12.1. The van der Waals surface area contributed by atoms with Gasteiger partial charge in [0.1, 0.15) is 0 Å². The van der Waals surface area contributed by atoms with Crippen molar-refractivity contribution in [1.82, 2.24) is 5.32 Å². The summed E-state index contributed by atoms with van der Waals surface area (Å²) >= 11 is 3.49. The summed E-state index contributed by atoms with van der Waals surface area (Å²) in [5.41, 5.74) is 0.856. The number of carbonyl (C=O) groups excluding carboxylic acids is 1. The number of methoxy groups -OCH3 is 2. The van der Waals surface area contributed by atoms with Crippen molar-refractivity contribution in [1.29, 1.82) is 0 Å². The maximum absolute atomic E-state index is 12.1. The number of nitrogens with one attached hydrogen (secondary N) is 1. The van der Waals surface area contributed by atoms with Crippen molar-refractivity contribution in [2.45, 2.75) is 12.8 Å². The molecule has 19 heavy (non-hydrogen) atoms. The molecule has 0 aliphatic heterocycles. The second-order valence-corrected chi connectivity index (χ2v) is 5.45. The number of alkyl halides is 1. The van der Waals surface area contributed by atoms with Gasteiger partial charge in [-0.15, -0.1) is 0 Å². The van der Waals surface area contributed by atoms with E-state index in [-0.39, 0.29) is 11.3 Å². The van der Waals surface area contributed by atoms with Crippen molar-refractivity contribution in [3.63, 3.8) is 0 Å². The van der Waals surface area contributed by atoms with Gasteiger partial charge in [0.05, 0.1) is 14.2 Å². The Kier molecular flexibility index (Phi) is 4.34. The molecule has 0 spiro atoms. The number of amides is 1. The highest BCUT2D eigenvalue weighted by Gasteiger charge is 2.41. The molecule has 4 nitrogen and oxygen atoms in total. The molecule has 0 aromatic heterocycles. The van der Waals surface area contributed by atoms with Crippen LogP contribution in [0.4, 0.5) is 0 Å². The van der Waals surface area contributed by atoms with E-state index in [0.717, 1.165) is 5.33 Å². The van der Waals surface area contributed by atoms with Gasteiger partial charge in [-0.3, -0.25) is 4.79 Å². The fraction of sp³-hybridized carbons (Fsp3) is 0.500. The first-order chi connectivity index (χ1) is 9.14. The van der Waals surface area contributed by atoms with Gasteiger partial charge in [-0.05, 0) is 36.5 Å². The Bertz CT molecular complexity index is 472. The summed E-state index contributed by atoms with van der Waals surface area (Å²) in [6.07, 6.45) is 2.34. The standard InChI is InChI=1S/C14H18BrNO3/c1-18-11-4-3-10(7-12(11)19-2)13(17)16-9-14(8-15)5-6-14/h3-4,7H,5-6,8-9H2,1-2H3,(H,16,17). The lowest BCUT2D eigenvalue weighted by molar-refractivity contribution is 0.0946. The Morgan fingerprint density at radius 1 is 1.32 bits per heavy atom. The van der Waals surface area contributed by atoms with E-state index in [9.17, 15) is 4.79 Å². The smallest absolute Gasteiger partial charge is 0.251 e. The van der Waals surface area contributed by atoms with Crippen molar-refractivity contribution >= 4 is 21.8 Å². The van der Waals surface area contributed by atoms with E-state index in [2.05, 4.69) is 21.2 Å². The van der Waals surface area contributed by atoms with Gasteiger partial charge < -0.3 is 14.8 Å². The van der Waals surface area contributed by atoms with Crippen LogP contribution in [0, 0.1) is 5.41 Å². The average Bonchev–Trinajstić information content (AvgIpc) is 3.24. The Labute approximate surface area is 121 Å². The molecule has 1 fully saturated rings. The van der Waals surface area contributed by atoms with Crippen LogP contribution in [0.25, 0.3) is 0 Å². The molecule has 1 aliphatic rings. The topological polar surface area (TPSA) is 47.6 Å². The van der Waals surface area contributed by atoms with Crippen LogP contribution < -0.4 is 14.8 Å². The van der Waals surface area contributed by atoms with Crippen molar-refractivity contribution in [3.8, 4) is 11.5 Å². The maximum Gasteiger partial charge on any atom is 0.251 e. The van der Waals surface area contributed by atoms with Crippen LogP contribution in [-0.2, 0) is 0 Å². The first-order valence-electron chi connectivity index (χ1n) is 6.20. The normalized spacial score (nSPS) is 15.7. The first kappa shape index (κ1) is 14.2. The van der Waals surface area contributed by atoms with E-state index in [1.54, 1.807) is 32.4 Å². The zero-order chi connectivity index (χ0) is 13.9. The molecule has 1 aromatic rings. The highest BCUT2D eigenvalue weighted by molar-refractivity contribution is 9.09. The molecular formula is C14H18BrNO3. The first-order valence-corrected chi connectivity index (χ1v) is 7.32. The molecule has 2 rings (SSSR count). The van der Waals surface area contributed by atoms with Crippen LogP contribution in [0.15, 0.2) is 18.2 Å². The van der Waals surface area contributed by atoms with Gasteiger partial charge in [0.2, 0.25) is 0 Å². The van der Waals surface area contributed by atoms with Gasteiger partial charge in [-0.2, -0.15) is 0 Å². The molecule has 0 saturated heterocycles. The second-order valence-electron chi connectivity index (χ2n) is 4.89. The lowest BCUT2D eigenvalue weighted by Gasteiger charge is -2.13. The van der Waals surface area contributed by atoms with Gasteiger partial charge in [-0.1, -0.05) is 15.9 Å². The van der Waals surface area contributed by atoms with Crippen molar-refractivity contribution in [3.05, 3.63) is 23.8 Å². The molecular weight excluding hydrogens is 310 g/mol. The van der Waals surface area contributed by atoms with Crippen molar-refractivity contribution in [2.24, 2.45) is 5.41 Å². The highest BCUT2D eigenvalue weighted by Crippen LogP contribution is 2.46. The van der Waals surface area contributed by atoms with Crippen LogP contribution in [0.3, 0.4) is 0 Å². The molecule has 1 amide bonds. The Morgan fingerprint density at radius 3 is 2.53 bits per heavy atom. The van der Waals surface area contributed by atoms with Gasteiger partial charge in [0, 0.05) is 17.4 Å². The minimum Gasteiger partial charge on any atom is -0.493 e. The molecule has 0 atom stereocenters. The minimum atomic E-state index is -0.0758. The monoisotopic (exact) mass is 327 g/mol. The average molecular weight is 328 g/mol. The number of rotatable bonds is 6. The predicted molar refractivity (Wildman–Crippen MR) is 77.3 cm³/mol. The van der Waals surface area contributed by atoms with Crippen LogP contribution in [0.2, 0.25) is 0 Å². The summed E-state index contributed by atoms with van der Waals surface area (Å²) < 4.78 is 10.3. The van der Waals surface area contributed by atoms with E-state index in [1.165, 1.54) is 12.8 Å². The van der Waals surface area contributed by atoms with Crippen LogP contribution in [-0.4, -0.2) is 32.0 Å². The van der Waals surface area contributed by atoms with E-state index < -0.39 is 0 Å². The minimum absolute atomic E-state index is 0.0758. The molecule has 0 bridgehead atoms. The Balaban J connectivity index is 2.02. The summed E-state index contributed by atoms with van der Waals surface area (Å²) in [6, 6.07) is 5.18. The number of ether oxygens (including phenoxy) is 2. The molecule has 1 N–H and O–H groups in total. The summed E-state index contributed by atoms with van der Waals surface area (Å²) in [7, 11) is 3.13. The fourth-order valence-electron chi connectivity index (χ4n) is 1.88. The second kappa shape index (κ2) is 5.82. The molecule has 0 unspecified atom stereocenters. The molecule has 0 heterocycles. The van der Waals surface area contributed by atoms with Gasteiger partial charge in [-0.25, -0.2) is 0 Å². The number of halogens is 1. The molecule has 104 valence electrons. The van der Waals surface area contributed by atoms with Gasteiger partial charge in [0.15, 0.2) is 11.5 Å². The van der Waals surface area contributed by atoms with E-state index in [4.69, 9.17) is 9.47 Å². The van der Waals surface area contributed by atoms with Crippen LogP contribution in [0.1, 0.15) is 23.2 Å². The fourth-order valence-corrected chi connectivity index (χ4v) is 2.64. The van der Waals surface area contributed by atoms with E-state index in [1.807, 2.05) is 0 Å². The summed E-state index contributed by atoms with van der Waals surface area (Å²) in [5, 5.41) is 3.91. The predicted octanol–water partition coefficient (Wildman–Crippen LogP) is 2.61. The molecule has 1 aliphatic carbocycles. The molecule has 1 saturated carbocycles. The number of hydrogen-bond donors (Lipinski definition) is 1. The van der Waals surface area contributed by atoms with Gasteiger partial charge >= 0.3 is 0 Å². The maximum atomic E-state index is 12.1. The molecule has 1 aromatic carbocycles. The van der Waals surface area contributed by atoms with Crippen LogP contribution in [0.5, 0.6) is 11.5 Å². The SMILES string of the molecule is COc1ccc(C(=O)NCC2(CBr)CC2)cc1OC. The molecule has 0 radical (unpaired) electrons. The summed E-state index contributed by atoms with van der Waals surface area (Å²) in [6.45, 7) is 0.714. The third-order valence-electron chi connectivity index (χ3n) is 3.51. The zero-order valence-corrected chi connectivity index (χ0v) is 12.7.